The lowest BCUT2D eigenvalue weighted by molar-refractivity contribution is 0.237. The molecule has 0 atom stereocenters. The molecule has 0 saturated carbocycles. The Kier molecular flexibility index (Phi) is 5.20. The van der Waals surface area contributed by atoms with Gasteiger partial charge in [-0.3, -0.25) is 0 Å². The summed E-state index contributed by atoms with van der Waals surface area (Å²) >= 11 is 5.95. The van der Waals surface area contributed by atoms with Crippen molar-refractivity contribution in [2.45, 2.75) is 32.6 Å². The molecule has 1 N–H and O–H groups in total. The summed E-state index contributed by atoms with van der Waals surface area (Å²) in [4.78, 5) is 11.1. The minimum absolute atomic E-state index is 0.516. The maximum absolute atomic E-state index is 5.95. The number of halogens is 1. The van der Waals surface area contributed by atoms with Crippen molar-refractivity contribution in [1.29, 1.82) is 0 Å². The molecule has 2 rings (SSSR count). The maximum Gasteiger partial charge on any atom is 0.134 e. The molecule has 2 heterocycles. The third kappa shape index (κ3) is 4.10. The van der Waals surface area contributed by atoms with E-state index in [0.29, 0.717) is 5.15 Å². The van der Waals surface area contributed by atoms with Gasteiger partial charge in [0.05, 0.1) is 0 Å². The molecule has 18 heavy (non-hydrogen) atoms. The van der Waals surface area contributed by atoms with Crippen molar-refractivity contribution in [3.63, 3.8) is 0 Å². The van der Waals surface area contributed by atoms with Crippen molar-refractivity contribution < 1.29 is 0 Å². The average molecular weight is 269 g/mol. The van der Waals surface area contributed by atoms with E-state index in [1.165, 1.54) is 32.4 Å². The Hall–Kier alpha value is -0.870. The molecule has 1 aromatic rings. The zero-order valence-electron chi connectivity index (χ0n) is 11.0. The van der Waals surface area contributed by atoms with Crippen molar-refractivity contribution in [3.05, 3.63) is 17.0 Å². The Labute approximate surface area is 114 Å². The fourth-order valence-electron chi connectivity index (χ4n) is 2.24. The van der Waals surface area contributed by atoms with E-state index in [4.69, 9.17) is 11.6 Å². The summed E-state index contributed by atoms with van der Waals surface area (Å²) in [5.74, 6) is 1.63. The van der Waals surface area contributed by atoms with E-state index < -0.39 is 0 Å². The van der Waals surface area contributed by atoms with E-state index in [1.807, 2.05) is 6.92 Å². The maximum atomic E-state index is 5.95. The first-order valence-electron chi connectivity index (χ1n) is 6.77. The Bertz CT molecular complexity index is 377. The quantitative estimate of drug-likeness (QED) is 0.834. The van der Waals surface area contributed by atoms with Crippen LogP contribution in [0.25, 0.3) is 0 Å². The highest BCUT2D eigenvalue weighted by atomic mass is 35.5. The van der Waals surface area contributed by atoms with Gasteiger partial charge in [0.2, 0.25) is 0 Å². The van der Waals surface area contributed by atoms with Gasteiger partial charge in [-0.1, -0.05) is 24.9 Å². The highest BCUT2D eigenvalue weighted by molar-refractivity contribution is 6.29. The first-order valence-corrected chi connectivity index (χ1v) is 7.15. The van der Waals surface area contributed by atoms with E-state index in [-0.39, 0.29) is 0 Å². The minimum Gasteiger partial charge on any atom is -0.369 e. The van der Waals surface area contributed by atoms with Crippen LogP contribution in [-0.2, 0) is 6.42 Å². The van der Waals surface area contributed by atoms with Crippen LogP contribution in [0.15, 0.2) is 6.07 Å². The first kappa shape index (κ1) is 13.6. The molecular weight excluding hydrogens is 248 g/mol. The molecule has 1 aromatic heterocycles. The van der Waals surface area contributed by atoms with Crippen molar-refractivity contribution >= 4 is 17.4 Å². The largest absolute Gasteiger partial charge is 0.369 e. The van der Waals surface area contributed by atoms with Crippen molar-refractivity contribution in [2.75, 3.05) is 31.5 Å². The van der Waals surface area contributed by atoms with Crippen LogP contribution in [0.2, 0.25) is 5.15 Å². The molecule has 0 aromatic carbocycles. The lowest BCUT2D eigenvalue weighted by Crippen LogP contribution is -2.33. The summed E-state index contributed by atoms with van der Waals surface area (Å²) in [6.07, 6.45) is 4.85. The Morgan fingerprint density at radius 2 is 2.06 bits per heavy atom. The lowest BCUT2D eigenvalue weighted by Gasteiger charge is -2.26. The van der Waals surface area contributed by atoms with Gasteiger partial charge in [0, 0.05) is 25.6 Å². The monoisotopic (exact) mass is 268 g/mol. The van der Waals surface area contributed by atoms with Gasteiger partial charge in [-0.2, -0.15) is 0 Å². The second-order valence-corrected chi connectivity index (χ2v) is 5.06. The zero-order chi connectivity index (χ0) is 12.8. The van der Waals surface area contributed by atoms with Crippen LogP contribution < -0.4 is 5.32 Å². The fourth-order valence-corrected chi connectivity index (χ4v) is 2.44. The molecule has 100 valence electrons. The van der Waals surface area contributed by atoms with Crippen molar-refractivity contribution in [2.24, 2.45) is 0 Å². The van der Waals surface area contributed by atoms with E-state index in [2.05, 4.69) is 20.2 Å². The molecule has 1 saturated heterocycles. The van der Waals surface area contributed by atoms with E-state index >= 15 is 0 Å². The van der Waals surface area contributed by atoms with Gasteiger partial charge in [-0.15, -0.1) is 0 Å². The van der Waals surface area contributed by atoms with Crippen LogP contribution in [0.1, 0.15) is 32.0 Å². The van der Waals surface area contributed by atoms with Gasteiger partial charge >= 0.3 is 0 Å². The third-order valence-electron chi connectivity index (χ3n) is 3.24. The van der Waals surface area contributed by atoms with Crippen LogP contribution in [0.4, 0.5) is 5.82 Å². The predicted octanol–water partition coefficient (Wildman–Crippen LogP) is 2.59. The van der Waals surface area contributed by atoms with Crippen molar-refractivity contribution in [1.82, 2.24) is 14.9 Å². The van der Waals surface area contributed by atoms with Crippen LogP contribution in [0.5, 0.6) is 0 Å². The molecule has 0 spiro atoms. The topological polar surface area (TPSA) is 41.1 Å². The van der Waals surface area contributed by atoms with Crippen LogP contribution >= 0.6 is 11.6 Å². The van der Waals surface area contributed by atoms with Gasteiger partial charge < -0.3 is 10.2 Å². The lowest BCUT2D eigenvalue weighted by atomic mass is 10.1. The first-order chi connectivity index (χ1) is 8.78. The number of aryl methyl sites for hydroxylation is 1. The van der Waals surface area contributed by atoms with Gasteiger partial charge in [-0.25, -0.2) is 9.97 Å². The normalized spacial score (nSPS) is 16.8. The molecule has 1 aliphatic rings. The summed E-state index contributed by atoms with van der Waals surface area (Å²) in [5.41, 5.74) is 0. The van der Waals surface area contributed by atoms with Gasteiger partial charge in [-0.05, 0) is 25.9 Å². The molecule has 0 amide bonds. The zero-order valence-corrected chi connectivity index (χ0v) is 11.7. The highest BCUT2D eigenvalue weighted by Gasteiger charge is 2.09. The number of hydrogen-bond donors (Lipinski definition) is 1. The summed E-state index contributed by atoms with van der Waals surface area (Å²) in [5, 5.41) is 3.85. The summed E-state index contributed by atoms with van der Waals surface area (Å²) in [7, 11) is 0. The summed E-state index contributed by atoms with van der Waals surface area (Å²) in [6.45, 7) is 6.47. The number of hydrogen-bond acceptors (Lipinski definition) is 4. The Morgan fingerprint density at radius 3 is 2.78 bits per heavy atom. The van der Waals surface area contributed by atoms with Gasteiger partial charge in [0.15, 0.2) is 0 Å². The van der Waals surface area contributed by atoms with E-state index in [0.717, 1.165) is 31.2 Å². The molecule has 0 radical (unpaired) electrons. The summed E-state index contributed by atoms with van der Waals surface area (Å²) in [6, 6.07) is 1.79. The molecule has 1 fully saturated rings. The number of nitrogens with zero attached hydrogens (tertiary/aromatic N) is 3. The number of rotatable bonds is 5. The Morgan fingerprint density at radius 1 is 1.28 bits per heavy atom. The summed E-state index contributed by atoms with van der Waals surface area (Å²) < 4.78 is 0. The molecule has 0 unspecified atom stereocenters. The molecule has 0 aliphatic carbocycles. The molecule has 0 bridgehead atoms. The average Bonchev–Trinajstić information content (AvgIpc) is 2.39. The number of likely N-dealkylation sites (tertiary alicyclic amines) is 1. The number of nitrogens with one attached hydrogen (secondary N) is 1. The molecule has 4 nitrogen and oxygen atoms in total. The second kappa shape index (κ2) is 6.90. The molecular formula is C13H21ClN4. The van der Waals surface area contributed by atoms with Gasteiger partial charge in [0.1, 0.15) is 16.8 Å². The number of aromatic nitrogens is 2. The fraction of sp³-hybridized carbons (Fsp3) is 0.692. The standard InChI is InChI=1S/C13H21ClN4/c1-2-12-16-11(14)10-13(17-12)15-6-9-18-7-4-3-5-8-18/h10H,2-9H2,1H3,(H,15,16,17). The SMILES string of the molecule is CCc1nc(Cl)cc(NCCN2CCCCC2)n1. The van der Waals surface area contributed by atoms with E-state index in [9.17, 15) is 0 Å². The molecule has 1 aliphatic heterocycles. The van der Waals surface area contributed by atoms with Crippen LogP contribution in [0, 0.1) is 0 Å². The van der Waals surface area contributed by atoms with E-state index in [1.54, 1.807) is 6.07 Å². The smallest absolute Gasteiger partial charge is 0.134 e. The van der Waals surface area contributed by atoms with Gasteiger partial charge in [0.25, 0.3) is 0 Å². The molecule has 5 heteroatoms. The highest BCUT2D eigenvalue weighted by Crippen LogP contribution is 2.12. The predicted molar refractivity (Wildman–Crippen MR) is 75.2 cm³/mol. The second-order valence-electron chi connectivity index (χ2n) is 4.67. The van der Waals surface area contributed by atoms with Crippen LogP contribution in [-0.4, -0.2) is 41.0 Å². The minimum atomic E-state index is 0.516. The number of anilines is 1. The third-order valence-corrected chi connectivity index (χ3v) is 3.43. The Balaban J connectivity index is 1.80. The van der Waals surface area contributed by atoms with Crippen molar-refractivity contribution in [3.8, 4) is 0 Å². The number of piperidine rings is 1. The van der Waals surface area contributed by atoms with Crippen LogP contribution in [0.3, 0.4) is 0 Å².